The van der Waals surface area contributed by atoms with Gasteiger partial charge < -0.3 is 24.8 Å². The Bertz CT molecular complexity index is 794. The van der Waals surface area contributed by atoms with Crippen LogP contribution in [-0.4, -0.2) is 6.18 Å². The van der Waals surface area contributed by atoms with Crippen molar-refractivity contribution in [2.45, 2.75) is 12.1 Å². The zero-order valence-corrected chi connectivity index (χ0v) is 15.5. The summed E-state index contributed by atoms with van der Waals surface area (Å²) < 4.78 is 65.5. The van der Waals surface area contributed by atoms with Crippen LogP contribution >= 0.6 is 0 Å². The normalized spacial score (nSPS) is 11.2. The summed E-state index contributed by atoms with van der Waals surface area (Å²) >= 11 is 0. The monoisotopic (exact) mass is 427 g/mol. The SMILES string of the molecule is FC(F)(F)C(F)(F)c1ccccc1-c1cc2ccccc2[cH-]1.[Cl-].[Cl-].[Ti+3]. The first kappa shape index (κ1) is 24.0. The predicted molar refractivity (Wildman–Crippen MR) is 74.9 cm³/mol. The molecule has 0 unspecified atom stereocenters. The van der Waals surface area contributed by atoms with Crippen molar-refractivity contribution in [3.8, 4) is 11.1 Å². The molecule has 8 heteroatoms. The Morgan fingerprint density at radius 1 is 0.760 bits per heavy atom. The molecule has 25 heavy (non-hydrogen) atoms. The molecule has 0 bridgehead atoms. The van der Waals surface area contributed by atoms with E-state index < -0.39 is 17.7 Å². The molecule has 0 aliphatic carbocycles. The van der Waals surface area contributed by atoms with Crippen molar-refractivity contribution in [2.75, 3.05) is 0 Å². The Morgan fingerprint density at radius 3 is 1.92 bits per heavy atom. The second kappa shape index (κ2) is 8.59. The summed E-state index contributed by atoms with van der Waals surface area (Å²) in [6.45, 7) is 0. The van der Waals surface area contributed by atoms with E-state index in [0.29, 0.717) is 5.56 Å². The van der Waals surface area contributed by atoms with Gasteiger partial charge in [0.05, 0.1) is 0 Å². The number of rotatable bonds is 2. The zero-order chi connectivity index (χ0) is 16.0. The molecule has 1 radical (unpaired) electrons. The molecule has 3 aromatic carbocycles. The second-order valence-corrected chi connectivity index (χ2v) is 4.99. The van der Waals surface area contributed by atoms with E-state index in [1.807, 2.05) is 0 Å². The van der Waals surface area contributed by atoms with E-state index in [9.17, 15) is 22.0 Å². The van der Waals surface area contributed by atoms with Crippen molar-refractivity contribution in [1.82, 2.24) is 0 Å². The molecule has 0 N–H and O–H groups in total. The zero-order valence-electron chi connectivity index (χ0n) is 12.4. The van der Waals surface area contributed by atoms with Crippen LogP contribution in [0.1, 0.15) is 5.56 Å². The van der Waals surface area contributed by atoms with E-state index in [0.717, 1.165) is 16.8 Å². The second-order valence-electron chi connectivity index (χ2n) is 4.99. The van der Waals surface area contributed by atoms with E-state index in [4.69, 9.17) is 0 Å². The summed E-state index contributed by atoms with van der Waals surface area (Å²) in [7, 11) is 0. The fourth-order valence-electron chi connectivity index (χ4n) is 2.47. The van der Waals surface area contributed by atoms with Gasteiger partial charge in [0, 0.05) is 5.56 Å². The van der Waals surface area contributed by atoms with Crippen molar-refractivity contribution in [3.63, 3.8) is 0 Å². The standard InChI is InChI=1S/C17H10F5.2ClH.Ti/c18-16(19,17(20,21)22)15-8-4-3-7-14(15)13-9-11-5-1-2-6-12(11)10-13;;;/h1-10H;2*1H;/q-1;;;+3/p-2. The molecular formula is C17H10Cl2F5Ti. The Labute approximate surface area is 168 Å². The van der Waals surface area contributed by atoms with Crippen molar-refractivity contribution in [3.05, 3.63) is 66.2 Å². The van der Waals surface area contributed by atoms with Crippen LogP contribution in [0.2, 0.25) is 0 Å². The number of fused-ring (bicyclic) bond motifs is 1. The van der Waals surface area contributed by atoms with Crippen LogP contribution in [0.25, 0.3) is 21.9 Å². The van der Waals surface area contributed by atoms with E-state index in [-0.39, 0.29) is 52.1 Å². The quantitative estimate of drug-likeness (QED) is 0.304. The van der Waals surface area contributed by atoms with Crippen LogP contribution in [0.5, 0.6) is 0 Å². The first-order valence-electron chi connectivity index (χ1n) is 6.50. The Morgan fingerprint density at radius 2 is 1.32 bits per heavy atom. The van der Waals surface area contributed by atoms with Gasteiger partial charge in [0.1, 0.15) is 0 Å². The molecule has 0 nitrogen and oxygen atoms in total. The largest absolute Gasteiger partial charge is 3.00 e. The van der Waals surface area contributed by atoms with Crippen molar-refractivity contribution in [1.29, 1.82) is 0 Å². The van der Waals surface area contributed by atoms with E-state index in [1.54, 1.807) is 36.4 Å². The number of alkyl halides is 5. The molecule has 0 saturated carbocycles. The van der Waals surface area contributed by atoms with Gasteiger partial charge in [-0.15, -0.1) is 34.5 Å². The number of benzene rings is 2. The van der Waals surface area contributed by atoms with Crippen LogP contribution in [0.4, 0.5) is 22.0 Å². The summed E-state index contributed by atoms with van der Waals surface area (Å²) in [6, 6.07) is 15.1. The molecule has 0 spiro atoms. The third-order valence-electron chi connectivity index (χ3n) is 3.55. The molecule has 3 rings (SSSR count). The summed E-state index contributed by atoms with van der Waals surface area (Å²) in [4.78, 5) is 0. The van der Waals surface area contributed by atoms with E-state index in [2.05, 4.69) is 0 Å². The van der Waals surface area contributed by atoms with Gasteiger partial charge in [-0.1, -0.05) is 48.0 Å². The predicted octanol–water partition coefficient (Wildman–Crippen LogP) is -0.115. The molecule has 0 aliphatic heterocycles. The molecule has 0 saturated heterocycles. The number of hydrogen-bond acceptors (Lipinski definition) is 0. The number of hydrogen-bond donors (Lipinski definition) is 0. The minimum Gasteiger partial charge on any atom is -1.00 e. The summed E-state index contributed by atoms with van der Waals surface area (Å²) in [5.41, 5.74) is -0.792. The summed E-state index contributed by atoms with van der Waals surface area (Å²) in [6.07, 6.45) is -5.63. The van der Waals surface area contributed by atoms with Gasteiger partial charge in [-0.3, -0.25) is 0 Å². The topological polar surface area (TPSA) is 0 Å². The molecule has 0 heterocycles. The summed E-state index contributed by atoms with van der Waals surface area (Å²) in [5.74, 6) is -4.90. The van der Waals surface area contributed by atoms with Gasteiger partial charge in [-0.05, 0) is 0 Å². The van der Waals surface area contributed by atoms with Gasteiger partial charge in [0.2, 0.25) is 0 Å². The van der Waals surface area contributed by atoms with E-state index >= 15 is 0 Å². The molecule has 0 aromatic heterocycles. The fraction of sp³-hybridized carbons (Fsp3) is 0.118. The van der Waals surface area contributed by atoms with Gasteiger partial charge >= 0.3 is 33.8 Å². The van der Waals surface area contributed by atoms with Crippen molar-refractivity contribution >= 4 is 10.8 Å². The molecule has 3 aromatic rings. The number of halogens is 7. The minimum absolute atomic E-state index is 0. The Balaban J connectivity index is 0.00000192. The molecule has 0 fully saturated rings. The van der Waals surface area contributed by atoms with E-state index in [1.165, 1.54) is 18.2 Å². The molecule has 131 valence electrons. The molecule has 0 amide bonds. The van der Waals surface area contributed by atoms with Crippen LogP contribution in [0.15, 0.2) is 60.7 Å². The maximum atomic E-state index is 13.7. The smallest absolute Gasteiger partial charge is 1.00 e. The third kappa shape index (κ3) is 4.40. The third-order valence-corrected chi connectivity index (χ3v) is 3.55. The van der Waals surface area contributed by atoms with Crippen LogP contribution in [0, 0.1) is 0 Å². The Hall–Kier alpha value is -1.01. The average Bonchev–Trinajstić information content (AvgIpc) is 2.90. The van der Waals surface area contributed by atoms with Gasteiger partial charge in [-0.2, -0.15) is 22.0 Å². The van der Waals surface area contributed by atoms with Crippen LogP contribution in [-0.2, 0) is 27.6 Å². The maximum absolute atomic E-state index is 13.7. The van der Waals surface area contributed by atoms with Crippen LogP contribution < -0.4 is 24.8 Å². The average molecular weight is 428 g/mol. The minimum atomic E-state index is -5.63. The molecule has 0 atom stereocenters. The molecular weight excluding hydrogens is 418 g/mol. The van der Waals surface area contributed by atoms with Gasteiger partial charge in [0.25, 0.3) is 0 Å². The fourth-order valence-corrected chi connectivity index (χ4v) is 2.47. The van der Waals surface area contributed by atoms with Gasteiger partial charge in [-0.25, -0.2) is 0 Å². The maximum Gasteiger partial charge on any atom is 3.00 e. The first-order valence-corrected chi connectivity index (χ1v) is 6.50. The van der Waals surface area contributed by atoms with Gasteiger partial charge in [0.15, 0.2) is 0 Å². The van der Waals surface area contributed by atoms with Crippen molar-refractivity contribution < 1.29 is 68.5 Å². The van der Waals surface area contributed by atoms with Crippen molar-refractivity contribution in [2.24, 2.45) is 0 Å². The van der Waals surface area contributed by atoms with Crippen LogP contribution in [0.3, 0.4) is 0 Å². The summed E-state index contributed by atoms with van der Waals surface area (Å²) in [5, 5.41) is 1.59. The first-order chi connectivity index (χ1) is 10.3. The Kier molecular flexibility index (Phi) is 8.24. The molecule has 0 aliphatic rings.